The fourth-order valence-electron chi connectivity index (χ4n) is 1.26. The van der Waals surface area contributed by atoms with Crippen LogP contribution in [-0.4, -0.2) is 13.7 Å². The summed E-state index contributed by atoms with van der Waals surface area (Å²) in [6, 6.07) is 1.12. The van der Waals surface area contributed by atoms with Crippen LogP contribution < -0.4 is 0 Å². The highest BCUT2D eigenvalue weighted by molar-refractivity contribution is 8.14. The lowest BCUT2D eigenvalue weighted by molar-refractivity contribution is -0.162. The molecule has 0 saturated carbocycles. The van der Waals surface area contributed by atoms with Gasteiger partial charge in [0, 0.05) is 21.8 Å². The van der Waals surface area contributed by atoms with E-state index in [1.54, 1.807) is 0 Å². The monoisotopic (exact) mass is 356 g/mol. The molecule has 1 aromatic carbocycles. The predicted octanol–water partition coefficient (Wildman–Crippen LogP) is 4.47. The molecule has 0 saturated heterocycles. The van der Waals surface area contributed by atoms with Crippen molar-refractivity contribution in [2.75, 3.05) is 0 Å². The highest BCUT2D eigenvalue weighted by Crippen LogP contribution is 2.47. The minimum atomic E-state index is -5.96. The van der Waals surface area contributed by atoms with Crippen LogP contribution in [-0.2, 0) is 15.0 Å². The predicted molar refractivity (Wildman–Crippen MR) is 60.3 cm³/mol. The fourth-order valence-corrected chi connectivity index (χ4v) is 1.97. The average Bonchev–Trinajstić information content (AvgIpc) is 2.36. The van der Waals surface area contributed by atoms with Crippen molar-refractivity contribution in [2.45, 2.75) is 11.2 Å². The van der Waals surface area contributed by atoms with Crippen LogP contribution in [0.1, 0.15) is 11.1 Å². The van der Waals surface area contributed by atoms with Gasteiger partial charge in [0.05, 0.1) is 0 Å². The van der Waals surface area contributed by atoms with Gasteiger partial charge < -0.3 is 0 Å². The van der Waals surface area contributed by atoms with E-state index in [1.165, 1.54) is 0 Å². The first-order valence-electron chi connectivity index (χ1n) is 4.84. The molecular weight excluding hydrogens is 353 g/mol. The Balaban J connectivity index is 3.33. The number of rotatable bonds is 4. The third kappa shape index (κ3) is 3.15. The van der Waals surface area contributed by atoms with Crippen LogP contribution >= 0.6 is 10.7 Å². The Morgan fingerprint density at radius 2 is 1.38 bits per heavy atom. The van der Waals surface area contributed by atoms with Gasteiger partial charge in [0.2, 0.25) is 0 Å². The van der Waals surface area contributed by atoms with Crippen LogP contribution in [0, 0.1) is 0 Å². The summed E-state index contributed by atoms with van der Waals surface area (Å²) in [7, 11) is -1.70. The molecule has 0 heterocycles. The van der Waals surface area contributed by atoms with E-state index in [1.807, 2.05) is 0 Å². The molecule has 0 fully saturated rings. The quantitative estimate of drug-likeness (QED) is 0.589. The maximum Gasteiger partial charge on any atom is 0.425 e. The normalized spacial score (nSPS) is 13.1. The molecule has 118 valence electrons. The van der Waals surface area contributed by atoms with Crippen molar-refractivity contribution in [3.63, 3.8) is 0 Å². The van der Waals surface area contributed by atoms with Crippen LogP contribution in [0.3, 0.4) is 0 Å². The summed E-state index contributed by atoms with van der Waals surface area (Å²) in [5.74, 6) is -7.26. The minimum Gasteiger partial charge on any atom is -0.206 e. The molecule has 2 nitrogen and oxygen atoms in total. The minimum absolute atomic E-state index is 0.188. The van der Waals surface area contributed by atoms with Crippen molar-refractivity contribution in [2.24, 2.45) is 0 Å². The zero-order valence-electron chi connectivity index (χ0n) is 9.56. The molecule has 0 bridgehead atoms. The summed E-state index contributed by atoms with van der Waals surface area (Å²) in [6.45, 7) is 0. The van der Waals surface area contributed by atoms with Gasteiger partial charge >= 0.3 is 26.3 Å². The van der Waals surface area contributed by atoms with Crippen LogP contribution in [0.5, 0.6) is 0 Å². The molecule has 1 aromatic rings. The van der Waals surface area contributed by atoms with Crippen molar-refractivity contribution in [1.29, 1.82) is 0 Å². The molecule has 0 radical (unpaired) electrons. The first kappa shape index (κ1) is 17.8. The lowest BCUT2D eigenvalue weighted by Crippen LogP contribution is -2.42. The average molecular weight is 357 g/mol. The Kier molecular flexibility index (Phi) is 4.64. The zero-order chi connectivity index (χ0) is 16.6. The Bertz CT molecular complexity index is 663. The Morgan fingerprint density at radius 3 is 1.71 bits per heavy atom. The number of alkyl halides is 4. The van der Waals surface area contributed by atoms with E-state index >= 15 is 0 Å². The molecule has 1 rings (SSSR count). The molecule has 0 amide bonds. The smallest absolute Gasteiger partial charge is 0.206 e. The van der Waals surface area contributed by atoms with E-state index in [0.29, 0.717) is 12.1 Å². The molecule has 0 aliphatic rings. The van der Waals surface area contributed by atoms with Gasteiger partial charge in [-0.1, -0.05) is 24.3 Å². The Hall–Kier alpha value is -1.29. The topological polar surface area (TPSA) is 34.1 Å². The van der Waals surface area contributed by atoms with Crippen LogP contribution in [0.15, 0.2) is 30.3 Å². The van der Waals surface area contributed by atoms with Crippen LogP contribution in [0.25, 0.3) is 5.83 Å². The number of halogens is 8. The maximum absolute atomic E-state index is 13.5. The summed E-state index contributed by atoms with van der Waals surface area (Å²) < 4.78 is 111. The summed E-state index contributed by atoms with van der Waals surface area (Å²) in [5.41, 5.74) is -2.38. The van der Waals surface area contributed by atoms with Gasteiger partial charge in [-0.05, 0) is 0 Å². The number of hydrogen-bond donors (Lipinski definition) is 0. The van der Waals surface area contributed by atoms with E-state index < -0.39 is 43.3 Å². The first-order valence-corrected chi connectivity index (χ1v) is 7.15. The van der Waals surface area contributed by atoms with Crippen molar-refractivity contribution < 1.29 is 39.2 Å². The van der Waals surface area contributed by atoms with Gasteiger partial charge in [0.1, 0.15) is 0 Å². The van der Waals surface area contributed by atoms with E-state index in [-0.39, 0.29) is 12.1 Å². The van der Waals surface area contributed by atoms with Gasteiger partial charge in [-0.3, -0.25) is 0 Å². The van der Waals surface area contributed by atoms with E-state index in [0.717, 1.165) is 0 Å². The second-order valence-electron chi connectivity index (χ2n) is 3.68. The zero-order valence-corrected chi connectivity index (χ0v) is 11.1. The molecule has 0 aliphatic heterocycles. The number of hydrogen-bond acceptors (Lipinski definition) is 2. The summed E-state index contributed by atoms with van der Waals surface area (Å²) in [4.78, 5) is 0. The standard InChI is InChI=1S/C10H4ClF7O2S/c11-21(19,20)10(17,18)9(15,16)6-3-1-5(2-4-6)7(12)8(13)14/h1-4H. The molecule has 0 aliphatic carbocycles. The highest BCUT2D eigenvalue weighted by Gasteiger charge is 2.66. The Morgan fingerprint density at radius 1 is 0.952 bits per heavy atom. The molecule has 0 aromatic heterocycles. The van der Waals surface area contributed by atoms with Gasteiger partial charge in [0.25, 0.3) is 0 Å². The van der Waals surface area contributed by atoms with Gasteiger partial charge in [-0.25, -0.2) is 12.8 Å². The summed E-state index contributed by atoms with van der Waals surface area (Å²) in [5, 5.41) is -5.64. The van der Waals surface area contributed by atoms with Crippen LogP contribution in [0.2, 0.25) is 0 Å². The number of benzene rings is 1. The molecule has 0 unspecified atom stereocenters. The largest absolute Gasteiger partial charge is 0.425 e. The van der Waals surface area contributed by atoms with Gasteiger partial charge in [0.15, 0.2) is 5.83 Å². The summed E-state index contributed by atoms with van der Waals surface area (Å²) >= 11 is 0. The van der Waals surface area contributed by atoms with E-state index in [4.69, 9.17) is 0 Å². The third-order valence-corrected chi connectivity index (χ3v) is 3.79. The third-order valence-electron chi connectivity index (χ3n) is 2.34. The fraction of sp³-hybridized carbons (Fsp3) is 0.200. The second-order valence-corrected chi connectivity index (χ2v) is 6.29. The Labute approximate surface area is 118 Å². The molecule has 11 heteroatoms. The first-order chi connectivity index (χ1) is 9.32. The molecule has 0 atom stereocenters. The lowest BCUT2D eigenvalue weighted by Gasteiger charge is -2.24. The van der Waals surface area contributed by atoms with Crippen LogP contribution in [0.4, 0.5) is 30.7 Å². The molecule has 0 N–H and O–H groups in total. The van der Waals surface area contributed by atoms with E-state index in [2.05, 4.69) is 10.7 Å². The van der Waals surface area contributed by atoms with Crippen molar-refractivity contribution >= 4 is 25.6 Å². The SMILES string of the molecule is O=S(=O)(Cl)C(F)(F)C(F)(F)c1ccc(C(F)=C(F)F)cc1. The van der Waals surface area contributed by atoms with E-state index in [9.17, 15) is 39.2 Å². The molecular formula is C10H4ClF7O2S. The molecule has 0 spiro atoms. The van der Waals surface area contributed by atoms with Gasteiger partial charge in [-0.2, -0.15) is 26.3 Å². The van der Waals surface area contributed by atoms with Gasteiger partial charge in [-0.15, -0.1) is 0 Å². The van der Waals surface area contributed by atoms with Crippen molar-refractivity contribution in [3.8, 4) is 0 Å². The second kappa shape index (κ2) is 5.48. The highest BCUT2D eigenvalue weighted by atomic mass is 35.7. The summed E-state index contributed by atoms with van der Waals surface area (Å²) in [6.07, 6.45) is -2.73. The maximum atomic E-state index is 13.5. The van der Waals surface area contributed by atoms with Crippen molar-refractivity contribution in [1.82, 2.24) is 0 Å². The lowest BCUT2D eigenvalue weighted by atomic mass is 10.1. The van der Waals surface area contributed by atoms with Crippen molar-refractivity contribution in [3.05, 3.63) is 41.5 Å². The molecule has 21 heavy (non-hydrogen) atoms.